The van der Waals surface area contributed by atoms with Crippen molar-refractivity contribution in [3.05, 3.63) is 58.6 Å². The number of carbonyl (C=O) groups is 2. The predicted molar refractivity (Wildman–Crippen MR) is 116 cm³/mol. The summed E-state index contributed by atoms with van der Waals surface area (Å²) in [6.07, 6.45) is -0.0778. The van der Waals surface area contributed by atoms with Gasteiger partial charge in [-0.1, -0.05) is 38.1 Å². The van der Waals surface area contributed by atoms with Crippen molar-refractivity contribution in [3.63, 3.8) is 0 Å². The van der Waals surface area contributed by atoms with Gasteiger partial charge in [0.2, 0.25) is 21.8 Å². The Hall–Kier alpha value is -2.23. The highest BCUT2D eigenvalue weighted by Crippen LogP contribution is 2.20. The van der Waals surface area contributed by atoms with Gasteiger partial charge in [-0.3, -0.25) is 9.59 Å². The number of amides is 2. The number of hydrogen-bond donors (Lipinski definition) is 3. The third-order valence-corrected chi connectivity index (χ3v) is 6.26. The van der Waals surface area contributed by atoms with Crippen LogP contribution < -0.4 is 15.4 Å². The van der Waals surface area contributed by atoms with E-state index in [-0.39, 0.29) is 30.3 Å². The summed E-state index contributed by atoms with van der Waals surface area (Å²) in [5, 5.41) is 5.13. The second kappa shape index (κ2) is 10.5. The Morgan fingerprint density at radius 2 is 1.66 bits per heavy atom. The van der Waals surface area contributed by atoms with E-state index in [2.05, 4.69) is 31.3 Å². The number of hydrogen-bond acceptors (Lipinski definition) is 4. The average Bonchev–Trinajstić information content (AvgIpc) is 2.68. The highest BCUT2D eigenvalue weighted by atomic mass is 79.9. The molecule has 156 valence electrons. The van der Waals surface area contributed by atoms with E-state index in [1.54, 1.807) is 42.5 Å². The fourth-order valence-electron chi connectivity index (χ4n) is 2.44. The molecule has 0 aliphatic rings. The first-order valence-electron chi connectivity index (χ1n) is 9.10. The lowest BCUT2D eigenvalue weighted by Crippen LogP contribution is -2.35. The Morgan fingerprint density at radius 3 is 2.28 bits per heavy atom. The smallest absolute Gasteiger partial charge is 0.243 e. The van der Waals surface area contributed by atoms with Gasteiger partial charge in [0.1, 0.15) is 0 Å². The Morgan fingerprint density at radius 1 is 1.00 bits per heavy atom. The van der Waals surface area contributed by atoms with Crippen LogP contribution in [0.5, 0.6) is 0 Å². The monoisotopic (exact) mass is 481 g/mol. The van der Waals surface area contributed by atoms with E-state index >= 15 is 0 Å². The minimum absolute atomic E-state index is 0.0635. The fraction of sp³-hybridized carbons (Fsp3) is 0.300. The maximum Gasteiger partial charge on any atom is 0.243 e. The quantitative estimate of drug-likeness (QED) is 0.511. The topological polar surface area (TPSA) is 104 Å². The molecule has 3 N–H and O–H groups in total. The summed E-state index contributed by atoms with van der Waals surface area (Å²) in [7, 11) is -3.69. The van der Waals surface area contributed by atoms with Gasteiger partial charge in [0.15, 0.2) is 0 Å². The molecule has 0 atom stereocenters. The van der Waals surface area contributed by atoms with Gasteiger partial charge in [-0.15, -0.1) is 0 Å². The number of anilines is 1. The zero-order valence-electron chi connectivity index (χ0n) is 16.2. The maximum atomic E-state index is 12.3. The molecule has 0 unspecified atom stereocenters. The van der Waals surface area contributed by atoms with Gasteiger partial charge < -0.3 is 10.6 Å². The van der Waals surface area contributed by atoms with E-state index in [1.165, 1.54) is 0 Å². The van der Waals surface area contributed by atoms with Crippen molar-refractivity contribution < 1.29 is 18.0 Å². The number of rotatable bonds is 9. The molecule has 0 aromatic heterocycles. The Labute approximate surface area is 179 Å². The molecule has 2 rings (SSSR count). The van der Waals surface area contributed by atoms with Gasteiger partial charge in [-0.2, -0.15) is 0 Å². The molecule has 9 heteroatoms. The molecule has 0 saturated heterocycles. The summed E-state index contributed by atoms with van der Waals surface area (Å²) in [6.45, 7) is 3.79. The molecule has 2 aromatic rings. The first-order valence-corrected chi connectivity index (χ1v) is 11.4. The van der Waals surface area contributed by atoms with Crippen molar-refractivity contribution >= 4 is 43.5 Å². The van der Waals surface area contributed by atoms with E-state index in [0.29, 0.717) is 11.6 Å². The Kier molecular flexibility index (Phi) is 8.36. The molecular weight excluding hydrogens is 458 g/mol. The lowest BCUT2D eigenvalue weighted by molar-refractivity contribution is -0.124. The van der Waals surface area contributed by atoms with Crippen molar-refractivity contribution in [2.24, 2.45) is 0 Å². The molecule has 2 aromatic carbocycles. The fourth-order valence-corrected chi connectivity index (χ4v) is 3.85. The number of carbonyl (C=O) groups excluding carboxylic acids is 2. The molecule has 0 spiro atoms. The van der Waals surface area contributed by atoms with Gasteiger partial charge in [0, 0.05) is 17.4 Å². The van der Waals surface area contributed by atoms with Gasteiger partial charge in [-0.05, 0) is 51.7 Å². The second-order valence-corrected chi connectivity index (χ2v) is 9.30. The van der Waals surface area contributed by atoms with Crippen LogP contribution in [0.25, 0.3) is 0 Å². The number of nitrogens with one attached hydrogen (secondary N) is 3. The van der Waals surface area contributed by atoms with Crippen LogP contribution in [0.4, 0.5) is 5.69 Å². The zero-order chi connectivity index (χ0) is 21.4. The van der Waals surface area contributed by atoms with Crippen molar-refractivity contribution in [1.29, 1.82) is 0 Å². The number of para-hydroxylation sites is 1. The van der Waals surface area contributed by atoms with E-state index in [1.807, 2.05) is 19.9 Å². The predicted octanol–water partition coefficient (Wildman–Crippen LogP) is 3.00. The molecule has 0 aliphatic carbocycles. The van der Waals surface area contributed by atoms with Crippen molar-refractivity contribution in [2.45, 2.75) is 31.1 Å². The number of benzene rings is 2. The third kappa shape index (κ3) is 7.26. The van der Waals surface area contributed by atoms with Crippen LogP contribution in [0.15, 0.2) is 57.9 Å². The molecule has 0 saturated carbocycles. The molecule has 0 fully saturated rings. The van der Waals surface area contributed by atoms with Crippen molar-refractivity contribution in [3.8, 4) is 0 Å². The molecule has 7 nitrogen and oxygen atoms in total. The van der Waals surface area contributed by atoms with Crippen LogP contribution in [-0.4, -0.2) is 33.3 Å². The molecular formula is C20H24BrN3O4S. The van der Waals surface area contributed by atoms with E-state index in [0.717, 1.165) is 10.0 Å². The second-order valence-electron chi connectivity index (χ2n) is 6.68. The largest absolute Gasteiger partial charge is 0.347 e. The number of halogens is 1. The summed E-state index contributed by atoms with van der Waals surface area (Å²) in [4.78, 5) is 23.9. The molecule has 0 heterocycles. The Bertz CT molecular complexity index is 960. The summed E-state index contributed by atoms with van der Waals surface area (Å²) >= 11 is 3.32. The average molecular weight is 482 g/mol. The SMILES string of the molecule is CC(C)c1ccc(S(=O)(=O)NCCC(=O)NCC(=O)Nc2ccccc2Br)cc1. The van der Waals surface area contributed by atoms with E-state index < -0.39 is 15.9 Å². The van der Waals surface area contributed by atoms with Gasteiger partial charge in [0.25, 0.3) is 0 Å². The van der Waals surface area contributed by atoms with Crippen LogP contribution >= 0.6 is 15.9 Å². The molecule has 2 amide bonds. The van der Waals surface area contributed by atoms with Gasteiger partial charge in [-0.25, -0.2) is 13.1 Å². The summed E-state index contributed by atoms with van der Waals surface area (Å²) in [6, 6.07) is 13.8. The molecule has 0 aliphatic heterocycles. The summed E-state index contributed by atoms with van der Waals surface area (Å²) in [5.41, 5.74) is 1.65. The standard InChI is InChI=1S/C20H24BrN3O4S/c1-14(2)15-7-9-16(10-8-15)29(27,28)23-12-11-19(25)22-13-20(26)24-18-6-4-3-5-17(18)21/h3-10,14,23H,11-13H2,1-2H3,(H,22,25)(H,24,26). The molecule has 0 bridgehead atoms. The first-order chi connectivity index (χ1) is 13.7. The lowest BCUT2D eigenvalue weighted by Gasteiger charge is -2.10. The van der Waals surface area contributed by atoms with Crippen LogP contribution in [0.3, 0.4) is 0 Å². The van der Waals surface area contributed by atoms with Crippen LogP contribution in [0.1, 0.15) is 31.7 Å². The van der Waals surface area contributed by atoms with E-state index in [4.69, 9.17) is 0 Å². The summed E-state index contributed by atoms with van der Waals surface area (Å²) < 4.78 is 27.7. The van der Waals surface area contributed by atoms with Gasteiger partial charge >= 0.3 is 0 Å². The van der Waals surface area contributed by atoms with Gasteiger partial charge in [0.05, 0.1) is 17.1 Å². The van der Waals surface area contributed by atoms with Crippen molar-refractivity contribution in [2.75, 3.05) is 18.4 Å². The highest BCUT2D eigenvalue weighted by Gasteiger charge is 2.15. The molecule has 0 radical (unpaired) electrons. The normalized spacial score (nSPS) is 11.3. The third-order valence-electron chi connectivity index (χ3n) is 4.10. The highest BCUT2D eigenvalue weighted by molar-refractivity contribution is 9.10. The van der Waals surface area contributed by atoms with Crippen LogP contribution in [0.2, 0.25) is 0 Å². The minimum atomic E-state index is -3.69. The lowest BCUT2D eigenvalue weighted by atomic mass is 10.0. The maximum absolute atomic E-state index is 12.3. The van der Waals surface area contributed by atoms with Crippen molar-refractivity contribution in [1.82, 2.24) is 10.0 Å². The zero-order valence-corrected chi connectivity index (χ0v) is 18.6. The molecule has 29 heavy (non-hydrogen) atoms. The van der Waals surface area contributed by atoms with Crippen LogP contribution in [-0.2, 0) is 19.6 Å². The first kappa shape index (κ1) is 23.1. The minimum Gasteiger partial charge on any atom is -0.347 e. The van der Waals surface area contributed by atoms with E-state index in [9.17, 15) is 18.0 Å². The number of sulfonamides is 1. The Balaban J connectivity index is 1.76. The summed E-state index contributed by atoms with van der Waals surface area (Å²) in [5.74, 6) is -0.496. The van der Waals surface area contributed by atoms with Crippen LogP contribution in [0, 0.1) is 0 Å².